The van der Waals surface area contributed by atoms with Crippen molar-refractivity contribution < 1.29 is 9.53 Å². The maximum absolute atomic E-state index is 12.6. The van der Waals surface area contributed by atoms with Gasteiger partial charge in [-0.1, -0.05) is 35.9 Å². The van der Waals surface area contributed by atoms with Crippen molar-refractivity contribution in [2.75, 3.05) is 31.1 Å². The van der Waals surface area contributed by atoms with Crippen LogP contribution in [0.1, 0.15) is 16.3 Å². The molecular formula is C24H24ClN3O2S. The van der Waals surface area contributed by atoms with E-state index < -0.39 is 0 Å². The number of thiazole rings is 1. The van der Waals surface area contributed by atoms with Crippen molar-refractivity contribution in [2.24, 2.45) is 0 Å². The van der Waals surface area contributed by atoms with Crippen LogP contribution in [0.15, 0.2) is 60.0 Å². The number of anilines is 1. The van der Waals surface area contributed by atoms with Gasteiger partial charge in [-0.25, -0.2) is 4.98 Å². The van der Waals surface area contributed by atoms with E-state index in [1.807, 2.05) is 71.8 Å². The summed E-state index contributed by atoms with van der Waals surface area (Å²) in [6.45, 7) is 5.34. The second kappa shape index (κ2) is 9.98. The Kier molecular flexibility index (Phi) is 6.89. The number of carbonyl (C=O) groups is 1. The summed E-state index contributed by atoms with van der Waals surface area (Å²) < 4.78 is 5.77. The van der Waals surface area contributed by atoms with Crippen LogP contribution in [-0.4, -0.2) is 42.0 Å². The molecule has 1 aliphatic rings. The molecule has 1 aliphatic heterocycles. The van der Waals surface area contributed by atoms with E-state index in [1.54, 1.807) is 17.4 Å². The molecule has 5 nitrogen and oxygen atoms in total. The Morgan fingerprint density at radius 2 is 1.87 bits per heavy atom. The molecule has 1 fully saturated rings. The van der Waals surface area contributed by atoms with Crippen molar-refractivity contribution in [3.8, 4) is 5.75 Å². The van der Waals surface area contributed by atoms with Gasteiger partial charge in [-0.3, -0.25) is 4.79 Å². The third-order valence-electron chi connectivity index (χ3n) is 5.14. The quantitative estimate of drug-likeness (QED) is 0.490. The van der Waals surface area contributed by atoms with Crippen LogP contribution in [0.4, 0.5) is 5.69 Å². The van der Waals surface area contributed by atoms with E-state index in [0.717, 1.165) is 45.8 Å². The number of piperazine rings is 1. The minimum Gasteiger partial charge on any atom is -0.487 e. The van der Waals surface area contributed by atoms with Crippen LogP contribution < -0.4 is 9.64 Å². The minimum absolute atomic E-state index is 0.0260. The summed E-state index contributed by atoms with van der Waals surface area (Å²) in [5.41, 5.74) is 2.92. The van der Waals surface area contributed by atoms with Crippen LogP contribution >= 0.6 is 22.9 Å². The summed E-state index contributed by atoms with van der Waals surface area (Å²) in [7, 11) is 0. The first kappa shape index (κ1) is 21.4. The summed E-state index contributed by atoms with van der Waals surface area (Å²) >= 11 is 7.91. The van der Waals surface area contributed by atoms with Gasteiger partial charge in [0.15, 0.2) is 0 Å². The molecular weight excluding hydrogens is 430 g/mol. The average molecular weight is 454 g/mol. The highest BCUT2D eigenvalue weighted by molar-refractivity contribution is 7.09. The zero-order valence-electron chi connectivity index (χ0n) is 17.3. The molecule has 1 amide bonds. The number of carbonyl (C=O) groups excluding carboxylic acids is 1. The number of hydrogen-bond donors (Lipinski definition) is 0. The molecule has 3 aromatic rings. The van der Waals surface area contributed by atoms with Gasteiger partial charge in [-0.05, 0) is 42.8 Å². The highest BCUT2D eigenvalue weighted by atomic mass is 35.5. The molecule has 0 N–H and O–H groups in total. The van der Waals surface area contributed by atoms with Crippen molar-refractivity contribution in [3.05, 3.63) is 81.3 Å². The van der Waals surface area contributed by atoms with Crippen LogP contribution in [0.2, 0.25) is 5.02 Å². The van der Waals surface area contributed by atoms with Gasteiger partial charge in [0, 0.05) is 37.6 Å². The van der Waals surface area contributed by atoms with E-state index >= 15 is 0 Å². The zero-order chi connectivity index (χ0) is 21.6. The number of halogens is 1. The second-order valence-electron chi connectivity index (χ2n) is 7.31. The van der Waals surface area contributed by atoms with Gasteiger partial charge in [0.05, 0.1) is 21.4 Å². The topological polar surface area (TPSA) is 45.7 Å². The number of nitrogens with zero attached hydrogens (tertiary/aromatic N) is 3. The Morgan fingerprint density at radius 1 is 1.13 bits per heavy atom. The van der Waals surface area contributed by atoms with Gasteiger partial charge in [0.1, 0.15) is 12.4 Å². The molecule has 160 valence electrons. The molecule has 0 aliphatic carbocycles. The highest BCUT2D eigenvalue weighted by Gasteiger charge is 2.20. The summed E-state index contributed by atoms with van der Waals surface area (Å²) in [6, 6.07) is 15.5. The number of aromatic nitrogens is 1. The lowest BCUT2D eigenvalue weighted by Crippen LogP contribution is -2.48. The van der Waals surface area contributed by atoms with E-state index in [2.05, 4.69) is 9.88 Å². The van der Waals surface area contributed by atoms with Crippen LogP contribution in [0.25, 0.3) is 6.08 Å². The maximum atomic E-state index is 12.6. The molecule has 0 atom stereocenters. The normalized spacial score (nSPS) is 14.3. The number of aryl methyl sites for hydroxylation is 1. The van der Waals surface area contributed by atoms with Crippen LogP contribution in [0.5, 0.6) is 5.75 Å². The van der Waals surface area contributed by atoms with Crippen molar-refractivity contribution in [3.63, 3.8) is 0 Å². The van der Waals surface area contributed by atoms with Gasteiger partial charge < -0.3 is 14.5 Å². The Bertz CT molecular complexity index is 1060. The van der Waals surface area contributed by atoms with Crippen molar-refractivity contribution in [2.45, 2.75) is 13.5 Å². The molecule has 2 heterocycles. The predicted molar refractivity (Wildman–Crippen MR) is 127 cm³/mol. The number of amides is 1. The van der Waals surface area contributed by atoms with E-state index in [4.69, 9.17) is 16.3 Å². The van der Waals surface area contributed by atoms with Crippen LogP contribution in [0, 0.1) is 6.92 Å². The Hall–Kier alpha value is -2.83. The van der Waals surface area contributed by atoms with Crippen molar-refractivity contribution in [1.29, 1.82) is 0 Å². The van der Waals surface area contributed by atoms with Crippen molar-refractivity contribution in [1.82, 2.24) is 9.88 Å². The lowest BCUT2D eigenvalue weighted by atomic mass is 10.2. The lowest BCUT2D eigenvalue weighted by Gasteiger charge is -2.36. The number of rotatable bonds is 6. The molecule has 2 aromatic carbocycles. The second-order valence-corrected chi connectivity index (χ2v) is 8.78. The number of benzene rings is 2. The van der Waals surface area contributed by atoms with E-state index in [0.29, 0.717) is 19.7 Å². The fourth-order valence-electron chi connectivity index (χ4n) is 3.46. The van der Waals surface area contributed by atoms with Gasteiger partial charge in [0.25, 0.3) is 0 Å². The minimum atomic E-state index is 0.0260. The molecule has 0 bridgehead atoms. The fraction of sp³-hybridized carbons (Fsp3) is 0.250. The molecule has 0 radical (unpaired) electrons. The summed E-state index contributed by atoms with van der Waals surface area (Å²) in [5, 5.41) is 3.79. The Morgan fingerprint density at radius 3 is 2.55 bits per heavy atom. The zero-order valence-corrected chi connectivity index (χ0v) is 18.9. The summed E-state index contributed by atoms with van der Waals surface area (Å²) in [6.07, 6.45) is 3.48. The summed E-state index contributed by atoms with van der Waals surface area (Å²) in [4.78, 5) is 21.1. The van der Waals surface area contributed by atoms with Gasteiger partial charge in [0.2, 0.25) is 5.91 Å². The highest BCUT2D eigenvalue weighted by Crippen LogP contribution is 2.26. The standard InChI is InChI=1S/C24H24ClN3O2S/c1-18-26-20(17-31-18)16-30-21-9-6-19(7-10-21)8-11-24(29)28-14-12-27(13-15-28)23-5-3-2-4-22(23)25/h2-11,17H,12-16H2,1H3/b11-8+. The third kappa shape index (κ3) is 5.66. The average Bonchev–Trinajstić information content (AvgIpc) is 3.22. The monoisotopic (exact) mass is 453 g/mol. The Labute approximate surface area is 191 Å². The molecule has 7 heteroatoms. The molecule has 1 aromatic heterocycles. The van der Waals surface area contributed by atoms with Gasteiger partial charge >= 0.3 is 0 Å². The number of hydrogen-bond acceptors (Lipinski definition) is 5. The van der Waals surface area contributed by atoms with E-state index in [9.17, 15) is 4.79 Å². The lowest BCUT2D eigenvalue weighted by molar-refractivity contribution is -0.126. The van der Waals surface area contributed by atoms with Crippen LogP contribution in [-0.2, 0) is 11.4 Å². The smallest absolute Gasteiger partial charge is 0.246 e. The largest absolute Gasteiger partial charge is 0.487 e. The first-order valence-corrected chi connectivity index (χ1v) is 11.4. The first-order valence-electron chi connectivity index (χ1n) is 10.2. The van der Waals surface area contributed by atoms with Crippen molar-refractivity contribution >= 4 is 40.6 Å². The predicted octanol–water partition coefficient (Wildman–Crippen LogP) is 5.05. The Balaban J connectivity index is 1.26. The molecule has 0 saturated carbocycles. The number of para-hydroxylation sites is 1. The van der Waals surface area contributed by atoms with E-state index in [1.165, 1.54) is 0 Å². The first-order chi connectivity index (χ1) is 15.1. The molecule has 0 spiro atoms. The third-order valence-corrected chi connectivity index (χ3v) is 6.28. The number of ether oxygens (including phenoxy) is 1. The summed E-state index contributed by atoms with van der Waals surface area (Å²) in [5.74, 6) is 0.808. The SMILES string of the molecule is Cc1nc(COc2ccc(/C=C/C(=O)N3CCN(c4ccccc4Cl)CC3)cc2)cs1. The molecule has 4 rings (SSSR count). The van der Waals surface area contributed by atoms with Gasteiger partial charge in [-0.15, -0.1) is 11.3 Å². The van der Waals surface area contributed by atoms with E-state index in [-0.39, 0.29) is 5.91 Å². The van der Waals surface area contributed by atoms with Crippen LogP contribution in [0.3, 0.4) is 0 Å². The fourth-order valence-corrected chi connectivity index (χ4v) is 4.31. The molecule has 0 unspecified atom stereocenters. The molecule has 31 heavy (non-hydrogen) atoms. The molecule has 1 saturated heterocycles. The maximum Gasteiger partial charge on any atom is 0.246 e. The van der Waals surface area contributed by atoms with Gasteiger partial charge in [-0.2, -0.15) is 0 Å².